The Balaban J connectivity index is 3.89. The largest absolute Gasteiger partial charge is 0.379 e. The normalized spacial score (nSPS) is 12.5. The summed E-state index contributed by atoms with van der Waals surface area (Å²) < 4.78 is 11.2. The number of hydrogen-bond acceptors (Lipinski definition) is 4. The molecule has 4 nitrogen and oxygen atoms in total. The van der Waals surface area contributed by atoms with Gasteiger partial charge in [-0.3, -0.25) is 4.79 Å². The molecule has 0 unspecified atom stereocenters. The molecule has 0 aliphatic rings. The van der Waals surface area contributed by atoms with E-state index in [1.807, 2.05) is 27.7 Å². The molecular formula is C14H29NO3S. The molecule has 0 spiro atoms. The highest BCUT2D eigenvalue weighted by molar-refractivity contribution is 7.80. The van der Waals surface area contributed by atoms with Gasteiger partial charge in [-0.05, 0) is 40.5 Å². The average molecular weight is 291 g/mol. The summed E-state index contributed by atoms with van der Waals surface area (Å²) >= 11 is 4.05. The van der Waals surface area contributed by atoms with Crippen molar-refractivity contribution in [2.75, 3.05) is 26.0 Å². The van der Waals surface area contributed by atoms with Crippen molar-refractivity contribution in [3.63, 3.8) is 0 Å². The lowest BCUT2D eigenvalue weighted by Crippen LogP contribution is -2.32. The molecule has 0 aromatic carbocycles. The molecule has 1 N–H and O–H groups in total. The smallest absolute Gasteiger partial charge is 0.220 e. The van der Waals surface area contributed by atoms with Crippen LogP contribution in [0.1, 0.15) is 47.0 Å². The molecule has 0 aliphatic carbocycles. The number of rotatable bonds is 10. The molecule has 0 aromatic heterocycles. The minimum absolute atomic E-state index is 0.0583. The molecular weight excluding hydrogens is 262 g/mol. The second-order valence-corrected chi connectivity index (χ2v) is 6.34. The van der Waals surface area contributed by atoms with Crippen LogP contribution in [-0.4, -0.2) is 43.1 Å². The Labute approximate surface area is 123 Å². The zero-order valence-corrected chi connectivity index (χ0v) is 13.8. The van der Waals surface area contributed by atoms with Crippen molar-refractivity contribution in [2.24, 2.45) is 0 Å². The fraction of sp³-hybridized carbons (Fsp3) is 0.929. The summed E-state index contributed by atoms with van der Waals surface area (Å²) in [6.07, 6.45) is 2.02. The molecule has 19 heavy (non-hydrogen) atoms. The van der Waals surface area contributed by atoms with E-state index in [2.05, 4.69) is 17.9 Å². The van der Waals surface area contributed by atoms with Gasteiger partial charge in [-0.25, -0.2) is 0 Å². The number of nitrogens with one attached hydrogen (secondary N) is 1. The van der Waals surface area contributed by atoms with Gasteiger partial charge in [0.15, 0.2) is 0 Å². The van der Waals surface area contributed by atoms with E-state index in [4.69, 9.17) is 9.47 Å². The van der Waals surface area contributed by atoms with Gasteiger partial charge in [0, 0.05) is 25.8 Å². The SMILES string of the molecule is COC(C)(C)CCOC(C)(C)CCC(=O)NCCS. The van der Waals surface area contributed by atoms with Crippen LogP contribution < -0.4 is 5.32 Å². The number of carbonyl (C=O) groups excluding carboxylic acids is 1. The summed E-state index contributed by atoms with van der Waals surface area (Å²) in [4.78, 5) is 11.5. The minimum Gasteiger partial charge on any atom is -0.379 e. The third-order valence-corrected chi connectivity index (χ3v) is 3.36. The summed E-state index contributed by atoms with van der Waals surface area (Å²) in [6, 6.07) is 0. The fourth-order valence-corrected chi connectivity index (χ4v) is 1.56. The Morgan fingerprint density at radius 1 is 1.16 bits per heavy atom. The van der Waals surface area contributed by atoms with Crippen LogP contribution in [0.4, 0.5) is 0 Å². The van der Waals surface area contributed by atoms with Crippen molar-refractivity contribution in [1.82, 2.24) is 5.32 Å². The third-order valence-electron chi connectivity index (χ3n) is 3.14. The minimum atomic E-state index is -0.290. The summed E-state index contributed by atoms with van der Waals surface area (Å²) in [5, 5.41) is 2.80. The van der Waals surface area contributed by atoms with Crippen LogP contribution in [0.2, 0.25) is 0 Å². The molecule has 0 aliphatic heterocycles. The van der Waals surface area contributed by atoms with Crippen molar-refractivity contribution in [3.05, 3.63) is 0 Å². The maximum Gasteiger partial charge on any atom is 0.220 e. The van der Waals surface area contributed by atoms with Gasteiger partial charge in [-0.2, -0.15) is 12.6 Å². The zero-order valence-electron chi connectivity index (χ0n) is 12.9. The third kappa shape index (κ3) is 10.2. The molecule has 0 heterocycles. The number of methoxy groups -OCH3 is 1. The van der Waals surface area contributed by atoms with Gasteiger partial charge in [0.2, 0.25) is 5.91 Å². The quantitative estimate of drug-likeness (QED) is 0.608. The van der Waals surface area contributed by atoms with Gasteiger partial charge in [-0.15, -0.1) is 0 Å². The van der Waals surface area contributed by atoms with Gasteiger partial charge in [0.05, 0.1) is 17.8 Å². The number of ether oxygens (including phenoxy) is 2. The van der Waals surface area contributed by atoms with Crippen LogP contribution in [0.25, 0.3) is 0 Å². The van der Waals surface area contributed by atoms with Crippen LogP contribution in [0.5, 0.6) is 0 Å². The number of hydrogen-bond donors (Lipinski definition) is 2. The topological polar surface area (TPSA) is 47.6 Å². The highest BCUT2D eigenvalue weighted by Crippen LogP contribution is 2.20. The first kappa shape index (κ1) is 18.7. The first-order valence-corrected chi connectivity index (χ1v) is 7.42. The molecule has 0 aromatic rings. The van der Waals surface area contributed by atoms with Gasteiger partial charge < -0.3 is 14.8 Å². The van der Waals surface area contributed by atoms with E-state index in [1.54, 1.807) is 7.11 Å². The molecule has 5 heteroatoms. The van der Waals surface area contributed by atoms with E-state index in [0.29, 0.717) is 31.7 Å². The Morgan fingerprint density at radius 3 is 2.32 bits per heavy atom. The zero-order chi connectivity index (χ0) is 14.9. The van der Waals surface area contributed by atoms with Crippen molar-refractivity contribution in [3.8, 4) is 0 Å². The monoisotopic (exact) mass is 291 g/mol. The van der Waals surface area contributed by atoms with Crippen molar-refractivity contribution in [2.45, 2.75) is 58.2 Å². The molecule has 0 saturated carbocycles. The van der Waals surface area contributed by atoms with E-state index in [9.17, 15) is 4.79 Å². The summed E-state index contributed by atoms with van der Waals surface area (Å²) in [5.74, 6) is 0.723. The van der Waals surface area contributed by atoms with Gasteiger partial charge >= 0.3 is 0 Å². The Hall–Kier alpha value is -0.260. The Bertz CT molecular complexity index is 267. The number of carbonyl (C=O) groups is 1. The predicted molar refractivity (Wildman–Crippen MR) is 81.8 cm³/mol. The van der Waals surface area contributed by atoms with Crippen LogP contribution in [0.3, 0.4) is 0 Å². The van der Waals surface area contributed by atoms with Crippen LogP contribution in [0, 0.1) is 0 Å². The Kier molecular flexibility index (Phi) is 8.70. The van der Waals surface area contributed by atoms with E-state index in [1.165, 1.54) is 0 Å². The second-order valence-electron chi connectivity index (χ2n) is 5.90. The molecule has 0 atom stereocenters. The summed E-state index contributed by atoms with van der Waals surface area (Å²) in [6.45, 7) is 9.34. The predicted octanol–water partition coefficient (Wildman–Crippen LogP) is 2.42. The van der Waals surface area contributed by atoms with Crippen LogP contribution in [0.15, 0.2) is 0 Å². The van der Waals surface area contributed by atoms with Crippen molar-refractivity contribution >= 4 is 18.5 Å². The Morgan fingerprint density at radius 2 is 1.79 bits per heavy atom. The molecule has 114 valence electrons. The average Bonchev–Trinajstić information content (AvgIpc) is 2.33. The van der Waals surface area contributed by atoms with E-state index in [0.717, 1.165) is 6.42 Å². The number of thiol groups is 1. The summed E-state index contributed by atoms with van der Waals surface area (Å²) in [5.41, 5.74) is -0.456. The molecule has 0 rings (SSSR count). The molecule has 0 radical (unpaired) electrons. The number of amides is 1. The second kappa shape index (κ2) is 8.82. The standard InChI is InChI=1S/C14H29NO3S/c1-13(2,17-5)8-10-18-14(3,4)7-6-12(16)15-9-11-19/h19H,6-11H2,1-5H3,(H,15,16). The molecule has 0 saturated heterocycles. The van der Waals surface area contributed by atoms with Gasteiger partial charge in [0.1, 0.15) is 0 Å². The highest BCUT2D eigenvalue weighted by Gasteiger charge is 2.22. The molecule has 0 fully saturated rings. The van der Waals surface area contributed by atoms with Gasteiger partial charge in [0.25, 0.3) is 0 Å². The van der Waals surface area contributed by atoms with Gasteiger partial charge in [-0.1, -0.05) is 0 Å². The lowest BCUT2D eigenvalue weighted by Gasteiger charge is -2.28. The first-order valence-electron chi connectivity index (χ1n) is 6.79. The van der Waals surface area contributed by atoms with E-state index in [-0.39, 0.29) is 17.1 Å². The van der Waals surface area contributed by atoms with Crippen LogP contribution >= 0.6 is 12.6 Å². The maximum atomic E-state index is 11.5. The summed E-state index contributed by atoms with van der Waals surface area (Å²) in [7, 11) is 1.71. The maximum absolute atomic E-state index is 11.5. The van der Waals surface area contributed by atoms with E-state index < -0.39 is 0 Å². The first-order chi connectivity index (χ1) is 8.72. The van der Waals surface area contributed by atoms with E-state index >= 15 is 0 Å². The van der Waals surface area contributed by atoms with Crippen molar-refractivity contribution in [1.29, 1.82) is 0 Å². The molecule has 1 amide bonds. The lowest BCUT2D eigenvalue weighted by molar-refractivity contribution is -0.123. The highest BCUT2D eigenvalue weighted by atomic mass is 32.1. The van der Waals surface area contributed by atoms with Crippen molar-refractivity contribution < 1.29 is 14.3 Å². The fourth-order valence-electron chi connectivity index (χ4n) is 1.45. The molecule has 0 bridgehead atoms. The lowest BCUT2D eigenvalue weighted by atomic mass is 10.0. The van der Waals surface area contributed by atoms with Crippen LogP contribution in [-0.2, 0) is 14.3 Å².